The van der Waals surface area contributed by atoms with Crippen molar-refractivity contribution >= 4 is 43.4 Å². The quantitative estimate of drug-likeness (QED) is 0.0344. The Morgan fingerprint density at radius 2 is 0.857 bits per heavy atom. The molecule has 0 saturated heterocycles. The minimum absolute atomic E-state index is 0.0465. The summed E-state index contributed by atoms with van der Waals surface area (Å²) in [6.07, 6.45) is 22.0. The van der Waals surface area contributed by atoms with Gasteiger partial charge in [0.1, 0.15) is 19.5 Å². The number of nitrogens with one attached hydrogen (secondary N) is 4. The number of amides is 4. The molecule has 2 radical (unpaired) electrons. The van der Waals surface area contributed by atoms with E-state index < -0.39 is 11.7 Å². The maximum Gasteiger partial charge on any atom is 0.246 e. The van der Waals surface area contributed by atoms with E-state index in [0.29, 0.717) is 77.7 Å². The van der Waals surface area contributed by atoms with E-state index >= 15 is 0 Å². The summed E-state index contributed by atoms with van der Waals surface area (Å²) in [5.74, 6) is -0.571. The number of carbonyl (C=O) groups is 6. The van der Waals surface area contributed by atoms with Crippen molar-refractivity contribution in [2.45, 2.75) is 141 Å². The van der Waals surface area contributed by atoms with Gasteiger partial charge in [-0.3, -0.25) is 19.2 Å². The molecule has 0 aromatic carbocycles. The molecule has 4 amide bonds. The Bertz CT molecular complexity index is 1010. The van der Waals surface area contributed by atoms with E-state index in [4.69, 9.17) is 32.5 Å². The third kappa shape index (κ3) is 40.7. The van der Waals surface area contributed by atoms with Crippen molar-refractivity contribution in [2.75, 3.05) is 79.0 Å². The molecule has 0 unspecified atom stereocenters. The lowest BCUT2D eigenvalue weighted by atomic mass is 9.92. The van der Waals surface area contributed by atoms with Gasteiger partial charge in [0.2, 0.25) is 23.6 Å². The van der Waals surface area contributed by atoms with Gasteiger partial charge in [-0.2, -0.15) is 0 Å². The fourth-order valence-corrected chi connectivity index (χ4v) is 5.54. The molecular formula is C40H74BN5O10. The number of rotatable bonds is 43. The predicted octanol–water partition coefficient (Wildman–Crippen LogP) is 2.93. The number of unbranched alkanes of at least 4 members (excludes halogenated alkanes) is 15. The van der Waals surface area contributed by atoms with Crippen LogP contribution in [0.2, 0.25) is 0 Å². The lowest BCUT2D eigenvalue weighted by molar-refractivity contribution is -0.127. The highest BCUT2D eigenvalue weighted by molar-refractivity contribution is 6.59. The molecule has 0 rings (SSSR count). The third-order valence-electron chi connectivity index (χ3n) is 8.86. The Kier molecular flexibility index (Phi) is 39.5. The smallest absolute Gasteiger partial charge is 0.246 e. The fraction of sp³-hybridized carbons (Fsp3) is 0.850. The van der Waals surface area contributed by atoms with Gasteiger partial charge in [0.25, 0.3) is 0 Å². The number of ether oxygens (including phenoxy) is 4. The topological polar surface area (TPSA) is 213 Å². The Morgan fingerprint density at radius 1 is 0.464 bits per heavy atom. The average Bonchev–Trinajstić information content (AvgIpc) is 3.18. The second-order valence-corrected chi connectivity index (χ2v) is 14.0. The molecule has 0 aliphatic rings. The van der Waals surface area contributed by atoms with E-state index in [9.17, 15) is 28.8 Å². The number of aldehydes is 1. The van der Waals surface area contributed by atoms with E-state index in [2.05, 4.69) is 21.3 Å². The fourth-order valence-electron chi connectivity index (χ4n) is 5.54. The van der Waals surface area contributed by atoms with E-state index in [1.165, 1.54) is 70.6 Å². The first kappa shape index (κ1) is 53.1. The average molecular weight is 796 g/mol. The van der Waals surface area contributed by atoms with Crippen LogP contribution in [0.25, 0.3) is 0 Å². The number of carbonyl (C=O) groups excluding carboxylic acids is 6. The molecule has 0 aromatic rings. The van der Waals surface area contributed by atoms with Crippen LogP contribution in [0.1, 0.15) is 135 Å². The molecule has 16 heteroatoms. The molecular weight excluding hydrogens is 721 g/mol. The monoisotopic (exact) mass is 796 g/mol. The normalized spacial score (nSPS) is 11.5. The summed E-state index contributed by atoms with van der Waals surface area (Å²) in [7, 11) is 5.10. The second-order valence-electron chi connectivity index (χ2n) is 14.0. The van der Waals surface area contributed by atoms with Crippen LogP contribution in [0.15, 0.2) is 0 Å². The summed E-state index contributed by atoms with van der Waals surface area (Å²) in [4.78, 5) is 68.8. The Labute approximate surface area is 337 Å². The van der Waals surface area contributed by atoms with Gasteiger partial charge in [0.05, 0.1) is 51.4 Å². The first-order valence-corrected chi connectivity index (χ1v) is 21.1. The van der Waals surface area contributed by atoms with Crippen molar-refractivity contribution in [3.8, 4) is 0 Å². The molecule has 56 heavy (non-hydrogen) atoms. The molecule has 0 fully saturated rings. The number of nitrogens with two attached hydrogens (primary N) is 1. The van der Waals surface area contributed by atoms with Gasteiger partial charge in [-0.25, -0.2) is 0 Å². The van der Waals surface area contributed by atoms with E-state index in [-0.39, 0.29) is 69.9 Å². The molecule has 0 heterocycles. The van der Waals surface area contributed by atoms with Gasteiger partial charge in [0.15, 0.2) is 7.85 Å². The Morgan fingerprint density at radius 3 is 1.36 bits per heavy atom. The molecule has 0 aromatic heterocycles. The summed E-state index contributed by atoms with van der Waals surface area (Å²) in [6, 6.07) is -0.661. The molecule has 0 aliphatic heterocycles. The van der Waals surface area contributed by atoms with E-state index in [1.807, 2.05) is 0 Å². The van der Waals surface area contributed by atoms with Crippen LogP contribution in [0.3, 0.4) is 0 Å². The predicted molar refractivity (Wildman–Crippen MR) is 217 cm³/mol. The van der Waals surface area contributed by atoms with Crippen LogP contribution in [-0.2, 0) is 47.7 Å². The van der Waals surface area contributed by atoms with Crippen LogP contribution in [0.5, 0.6) is 0 Å². The first-order chi connectivity index (χ1) is 27.3. The van der Waals surface area contributed by atoms with Gasteiger partial charge in [0, 0.05) is 45.4 Å². The summed E-state index contributed by atoms with van der Waals surface area (Å²) >= 11 is 0. The van der Waals surface area contributed by atoms with Gasteiger partial charge >= 0.3 is 0 Å². The van der Waals surface area contributed by atoms with Crippen LogP contribution in [-0.4, -0.2) is 129 Å². The molecule has 15 nitrogen and oxygen atoms in total. The lowest BCUT2D eigenvalue weighted by Gasteiger charge is -2.09. The van der Waals surface area contributed by atoms with Crippen molar-refractivity contribution in [2.24, 2.45) is 5.73 Å². The largest absolute Gasteiger partial charge is 0.377 e. The third-order valence-corrected chi connectivity index (χ3v) is 8.86. The first-order valence-electron chi connectivity index (χ1n) is 21.1. The maximum absolute atomic E-state index is 12.1. The zero-order valence-electron chi connectivity index (χ0n) is 34.2. The minimum atomic E-state index is -0.661. The van der Waals surface area contributed by atoms with Crippen LogP contribution >= 0.6 is 0 Å². The van der Waals surface area contributed by atoms with Crippen molar-refractivity contribution in [3.63, 3.8) is 0 Å². The molecule has 322 valence electrons. The molecule has 0 saturated carbocycles. The van der Waals surface area contributed by atoms with Gasteiger partial charge in [-0.15, -0.1) is 0 Å². The highest BCUT2D eigenvalue weighted by Gasteiger charge is 2.08. The van der Waals surface area contributed by atoms with Crippen molar-refractivity contribution in [3.05, 3.63) is 0 Å². The Hall–Kier alpha value is -2.92. The Balaban J connectivity index is 3.39. The van der Waals surface area contributed by atoms with Crippen LogP contribution < -0.4 is 27.0 Å². The highest BCUT2D eigenvalue weighted by atomic mass is 16.5. The van der Waals surface area contributed by atoms with E-state index in [0.717, 1.165) is 25.5 Å². The number of hydrogen-bond donors (Lipinski definition) is 5. The molecule has 0 spiro atoms. The standard InChI is InChI=1S/C40H74BN5O10/c41-40(52)35(42)19-15-16-22-44-38(50)33-55-31-30-54-28-25-46-39(51)34-56-32-29-53-27-24-45-37(49)21-18-23-43-36(48)20-14-12-10-8-6-4-2-1-3-5-7-9-11-13-17-26-47/h26,35H,1-25,27-34,42H2,(H,43,48)(H,44,50)(H,45,49)(H,46,51)/t35-/m0/s1. The highest BCUT2D eigenvalue weighted by Crippen LogP contribution is 2.13. The molecule has 0 aliphatic carbocycles. The zero-order valence-corrected chi connectivity index (χ0v) is 34.2. The maximum atomic E-state index is 12.1. The molecule has 1 atom stereocenters. The minimum Gasteiger partial charge on any atom is -0.377 e. The van der Waals surface area contributed by atoms with Gasteiger partial charge in [-0.05, 0) is 38.5 Å². The SMILES string of the molecule is [B]C(=O)[C@@H](N)CCCCNC(=O)COCCOCCNC(=O)COCCOCCNC(=O)CCCNC(=O)CCCCCCCCCCCCCCCCC=O. The zero-order chi connectivity index (χ0) is 41.2. The lowest BCUT2D eigenvalue weighted by Crippen LogP contribution is -2.32. The van der Waals surface area contributed by atoms with Crippen molar-refractivity contribution in [1.82, 2.24) is 21.3 Å². The van der Waals surface area contributed by atoms with Crippen molar-refractivity contribution < 1.29 is 47.7 Å². The van der Waals surface area contributed by atoms with E-state index in [1.54, 1.807) is 0 Å². The second kappa shape index (κ2) is 41.7. The number of hydrogen-bond acceptors (Lipinski definition) is 11. The van der Waals surface area contributed by atoms with Crippen LogP contribution in [0, 0.1) is 0 Å². The summed E-state index contributed by atoms with van der Waals surface area (Å²) in [5.41, 5.74) is 5.01. The summed E-state index contributed by atoms with van der Waals surface area (Å²) in [5, 5.41) is 11.1. The van der Waals surface area contributed by atoms with Gasteiger partial charge < -0.3 is 55.5 Å². The summed E-state index contributed by atoms with van der Waals surface area (Å²) < 4.78 is 21.3. The van der Waals surface area contributed by atoms with Crippen molar-refractivity contribution in [1.29, 1.82) is 0 Å². The summed E-state index contributed by atoms with van der Waals surface area (Å²) in [6.45, 7) is 3.06. The molecule has 0 bridgehead atoms. The van der Waals surface area contributed by atoms with Crippen LogP contribution in [0.4, 0.5) is 0 Å². The molecule has 6 N–H and O–H groups in total. The van der Waals surface area contributed by atoms with Gasteiger partial charge in [-0.1, -0.05) is 77.0 Å².